The smallest absolute Gasteiger partial charge is 0.229 e. The highest BCUT2D eigenvalue weighted by molar-refractivity contribution is 6.13. The van der Waals surface area contributed by atoms with E-state index in [0.29, 0.717) is 0 Å². The number of hydrogen-bond acceptors (Lipinski definition) is 0. The van der Waals surface area contributed by atoms with Crippen molar-refractivity contribution in [3.05, 3.63) is 57.4 Å². The fraction of sp³-hybridized carbons (Fsp3) is 0.444. The lowest BCUT2D eigenvalue weighted by Crippen LogP contribution is -2.51. The lowest BCUT2D eigenvalue weighted by Gasteiger charge is -2.43. The van der Waals surface area contributed by atoms with Crippen LogP contribution in [0.5, 0.6) is 0 Å². The van der Waals surface area contributed by atoms with Crippen LogP contribution in [0.1, 0.15) is 66.9 Å². The van der Waals surface area contributed by atoms with Crippen molar-refractivity contribution in [2.75, 3.05) is 0 Å². The third-order valence-corrected chi connectivity index (χ3v) is 8.69. The lowest BCUT2D eigenvalue weighted by molar-refractivity contribution is -0.500. The minimum atomic E-state index is 0.0256. The molecule has 1 aliphatic rings. The molecule has 0 saturated carbocycles. The molecule has 150 valence electrons. The van der Waals surface area contributed by atoms with Crippen molar-refractivity contribution in [3.8, 4) is 0 Å². The number of aryl methyl sites for hydroxylation is 4. The summed E-state index contributed by atoms with van der Waals surface area (Å²) in [5, 5.41) is 4.24. The number of rotatable bonds is 0. The summed E-state index contributed by atoms with van der Waals surface area (Å²) in [6.07, 6.45) is 0. The Morgan fingerprint density at radius 3 is 2.10 bits per heavy atom. The molecule has 2 nitrogen and oxygen atoms in total. The normalized spacial score (nSPS) is 17.2. The minimum Gasteiger partial charge on any atom is -0.229 e. The van der Waals surface area contributed by atoms with E-state index in [1.807, 2.05) is 0 Å². The Morgan fingerprint density at radius 1 is 0.793 bits per heavy atom. The number of pyridine rings is 1. The van der Waals surface area contributed by atoms with Gasteiger partial charge in [-0.05, 0) is 49.9 Å². The van der Waals surface area contributed by atoms with Gasteiger partial charge in [0.05, 0.1) is 12.4 Å². The van der Waals surface area contributed by atoms with E-state index in [4.69, 9.17) is 0 Å². The van der Waals surface area contributed by atoms with Crippen LogP contribution < -0.4 is 4.40 Å². The topological polar surface area (TPSA) is 9.03 Å². The summed E-state index contributed by atoms with van der Waals surface area (Å²) < 4.78 is 5.05. The molecule has 0 N–H and O–H groups in total. The standard InChI is InChI=1S/C27H33N2/c1-14-11-12-20-23-21(14)19-13-15(2)16(3)17(4)22(19)25-28(10)18(5)24(29(23)25)27(8,9)26(20,6)7/h11-13H,1-10H3/q+1. The monoisotopic (exact) mass is 385 g/mol. The molecular formula is C27H33N2+. The quantitative estimate of drug-likeness (QED) is 0.252. The molecule has 29 heavy (non-hydrogen) atoms. The Morgan fingerprint density at radius 2 is 1.45 bits per heavy atom. The average molecular weight is 386 g/mol. The van der Waals surface area contributed by atoms with E-state index in [-0.39, 0.29) is 10.8 Å². The predicted octanol–water partition coefficient (Wildman–Crippen LogP) is 6.18. The summed E-state index contributed by atoms with van der Waals surface area (Å²) in [4.78, 5) is 0. The molecule has 0 saturated heterocycles. The molecule has 3 heterocycles. The zero-order valence-corrected chi connectivity index (χ0v) is 19.6. The first-order valence-corrected chi connectivity index (χ1v) is 10.8. The minimum absolute atomic E-state index is 0.0256. The second kappa shape index (κ2) is 5.22. The van der Waals surface area contributed by atoms with E-state index in [2.05, 4.69) is 96.5 Å². The zero-order valence-electron chi connectivity index (χ0n) is 19.6. The second-order valence-corrected chi connectivity index (χ2v) is 10.4. The molecule has 2 heteroatoms. The van der Waals surface area contributed by atoms with Crippen LogP contribution in [0.3, 0.4) is 0 Å². The first-order valence-electron chi connectivity index (χ1n) is 10.8. The number of aromatic nitrogens is 2. The summed E-state index contributed by atoms with van der Waals surface area (Å²) >= 11 is 0. The van der Waals surface area contributed by atoms with E-state index in [9.17, 15) is 0 Å². The van der Waals surface area contributed by atoms with Crippen LogP contribution in [0.4, 0.5) is 0 Å². The fourth-order valence-corrected chi connectivity index (χ4v) is 5.93. The fourth-order valence-electron chi connectivity index (χ4n) is 5.93. The first kappa shape index (κ1) is 18.7. The van der Waals surface area contributed by atoms with Gasteiger partial charge in [0.15, 0.2) is 5.69 Å². The van der Waals surface area contributed by atoms with Crippen molar-refractivity contribution in [3.63, 3.8) is 0 Å². The molecule has 2 aromatic heterocycles. The van der Waals surface area contributed by atoms with Crippen molar-refractivity contribution >= 4 is 27.3 Å². The molecule has 0 amide bonds. The maximum Gasteiger partial charge on any atom is 0.295 e. The van der Waals surface area contributed by atoms with Gasteiger partial charge in [-0.15, -0.1) is 0 Å². The lowest BCUT2D eigenvalue weighted by atomic mass is 9.60. The molecule has 0 fully saturated rings. The maximum atomic E-state index is 2.61. The number of imidazole rings is 1. The van der Waals surface area contributed by atoms with Crippen LogP contribution in [0.15, 0.2) is 18.2 Å². The first-order chi connectivity index (χ1) is 13.4. The molecule has 0 bridgehead atoms. The highest BCUT2D eigenvalue weighted by atomic mass is 15.1. The molecule has 0 aliphatic carbocycles. The van der Waals surface area contributed by atoms with Crippen molar-refractivity contribution in [1.82, 2.24) is 4.57 Å². The largest absolute Gasteiger partial charge is 0.295 e. The van der Waals surface area contributed by atoms with Gasteiger partial charge in [0.25, 0.3) is 5.65 Å². The molecule has 4 aromatic rings. The highest BCUT2D eigenvalue weighted by Crippen LogP contribution is 2.50. The van der Waals surface area contributed by atoms with Crippen LogP contribution in [-0.4, -0.2) is 4.57 Å². The van der Waals surface area contributed by atoms with Crippen molar-refractivity contribution in [1.29, 1.82) is 0 Å². The van der Waals surface area contributed by atoms with E-state index >= 15 is 0 Å². The van der Waals surface area contributed by atoms with E-state index in [0.717, 1.165) is 0 Å². The van der Waals surface area contributed by atoms with Gasteiger partial charge in [-0.3, -0.25) is 0 Å². The number of nitrogens with zero attached hydrogens (tertiary/aromatic N) is 2. The molecule has 2 aromatic carbocycles. The highest BCUT2D eigenvalue weighted by Gasteiger charge is 2.51. The Bertz CT molecular complexity index is 1390. The Balaban J connectivity index is 2.30. The average Bonchev–Trinajstić information content (AvgIpc) is 2.90. The number of hydrogen-bond donors (Lipinski definition) is 0. The van der Waals surface area contributed by atoms with Crippen molar-refractivity contribution < 1.29 is 4.40 Å². The third-order valence-electron chi connectivity index (χ3n) is 8.69. The third kappa shape index (κ3) is 1.87. The zero-order chi connectivity index (χ0) is 21.2. The summed E-state index contributed by atoms with van der Waals surface area (Å²) in [6, 6.07) is 7.15. The van der Waals surface area contributed by atoms with Gasteiger partial charge in [0, 0.05) is 34.1 Å². The summed E-state index contributed by atoms with van der Waals surface area (Å²) in [5.41, 5.74) is 12.7. The van der Waals surface area contributed by atoms with Gasteiger partial charge in [-0.25, -0.2) is 4.57 Å². The van der Waals surface area contributed by atoms with Gasteiger partial charge < -0.3 is 0 Å². The molecule has 0 unspecified atom stereocenters. The molecule has 1 aliphatic heterocycles. The van der Waals surface area contributed by atoms with Crippen LogP contribution in [-0.2, 0) is 17.9 Å². The van der Waals surface area contributed by atoms with Gasteiger partial charge in [-0.2, -0.15) is 4.40 Å². The predicted molar refractivity (Wildman–Crippen MR) is 123 cm³/mol. The Hall–Kier alpha value is -2.35. The summed E-state index contributed by atoms with van der Waals surface area (Å²) in [6.45, 7) is 21.1. The number of fused-ring (bicyclic) bond motifs is 3. The van der Waals surface area contributed by atoms with Gasteiger partial charge >= 0.3 is 0 Å². The van der Waals surface area contributed by atoms with Gasteiger partial charge in [0.1, 0.15) is 11.2 Å². The van der Waals surface area contributed by atoms with Crippen LogP contribution in [0, 0.1) is 34.6 Å². The molecule has 5 rings (SSSR count). The van der Waals surface area contributed by atoms with E-state index in [1.165, 1.54) is 66.5 Å². The van der Waals surface area contributed by atoms with Gasteiger partial charge in [-0.1, -0.05) is 45.9 Å². The second-order valence-electron chi connectivity index (χ2n) is 10.4. The molecule has 0 spiro atoms. The SMILES string of the molecule is Cc1cc2c3c(C)ccc4c3[n+]3c(c(C)n(C)c3c2c(C)c1C)C(C)(C)C4(C)C. The van der Waals surface area contributed by atoms with Crippen LogP contribution in [0.25, 0.3) is 27.3 Å². The Labute approximate surface area is 174 Å². The van der Waals surface area contributed by atoms with Gasteiger partial charge in [0.2, 0.25) is 0 Å². The van der Waals surface area contributed by atoms with Crippen LogP contribution in [0.2, 0.25) is 0 Å². The van der Waals surface area contributed by atoms with Crippen molar-refractivity contribution in [2.45, 2.75) is 73.1 Å². The van der Waals surface area contributed by atoms with Crippen LogP contribution >= 0.6 is 0 Å². The Kier molecular flexibility index (Phi) is 3.36. The van der Waals surface area contributed by atoms with Crippen molar-refractivity contribution in [2.24, 2.45) is 7.05 Å². The molecular weight excluding hydrogens is 352 g/mol. The van der Waals surface area contributed by atoms with E-state index < -0.39 is 0 Å². The summed E-state index contributed by atoms with van der Waals surface area (Å²) in [5.74, 6) is 0. The molecule has 0 radical (unpaired) electrons. The maximum absolute atomic E-state index is 2.61. The summed E-state index contributed by atoms with van der Waals surface area (Å²) in [7, 11) is 2.25. The molecule has 0 atom stereocenters. The van der Waals surface area contributed by atoms with E-state index in [1.54, 1.807) is 0 Å². The number of benzene rings is 2.